The highest BCUT2D eigenvalue weighted by Crippen LogP contribution is 2.29. The number of benzene rings is 1. The van der Waals surface area contributed by atoms with Crippen molar-refractivity contribution in [3.05, 3.63) is 57.0 Å². The van der Waals surface area contributed by atoms with Gasteiger partial charge in [-0.2, -0.15) is 0 Å². The predicted octanol–water partition coefficient (Wildman–Crippen LogP) is 4.49. The van der Waals surface area contributed by atoms with Crippen molar-refractivity contribution in [2.24, 2.45) is 0 Å². The molecule has 4 rings (SSSR count). The Morgan fingerprint density at radius 1 is 1.19 bits per heavy atom. The Morgan fingerprint density at radius 3 is 2.92 bits per heavy atom. The lowest BCUT2D eigenvalue weighted by atomic mass is 10.1. The van der Waals surface area contributed by atoms with E-state index in [0.717, 1.165) is 20.7 Å². The summed E-state index contributed by atoms with van der Waals surface area (Å²) in [5.41, 5.74) is 4.13. The number of aromatic amines is 1. The summed E-state index contributed by atoms with van der Waals surface area (Å²) < 4.78 is 1.49. The first-order valence-electron chi connectivity index (χ1n) is 7.85. The Balaban J connectivity index is 1.44. The van der Waals surface area contributed by atoms with Crippen LogP contribution in [0.3, 0.4) is 0 Å². The van der Waals surface area contributed by atoms with E-state index in [1.165, 1.54) is 45.6 Å². The molecule has 0 amide bonds. The summed E-state index contributed by atoms with van der Waals surface area (Å²) in [6, 6.07) is 8.06. The van der Waals surface area contributed by atoms with Crippen molar-refractivity contribution in [1.29, 1.82) is 0 Å². The lowest BCUT2D eigenvalue weighted by Gasteiger charge is -2.05. The lowest BCUT2D eigenvalue weighted by molar-refractivity contribution is 1.00. The number of thioether (sulfide) groups is 1. The maximum absolute atomic E-state index is 12.0. The van der Waals surface area contributed by atoms with Crippen molar-refractivity contribution in [1.82, 2.24) is 20.2 Å². The zero-order chi connectivity index (χ0) is 18.1. The molecule has 0 spiro atoms. The van der Waals surface area contributed by atoms with Crippen molar-refractivity contribution in [3.63, 3.8) is 0 Å². The normalized spacial score (nSPS) is 11.2. The highest BCUT2D eigenvalue weighted by molar-refractivity contribution is 8.00. The molecule has 3 heterocycles. The second kappa shape index (κ2) is 7.18. The topological polar surface area (TPSA) is 83.6 Å². The van der Waals surface area contributed by atoms with E-state index < -0.39 is 0 Å². The van der Waals surface area contributed by atoms with Crippen LogP contribution in [-0.4, -0.2) is 20.2 Å². The molecule has 0 unspecified atom stereocenters. The smallest absolute Gasteiger partial charge is 0.268 e. The van der Waals surface area contributed by atoms with E-state index in [1.54, 1.807) is 0 Å². The molecular weight excluding hydrogens is 386 g/mol. The first-order chi connectivity index (χ1) is 12.6. The average Bonchev–Trinajstić information content (AvgIpc) is 3.26. The number of nitrogens with one attached hydrogen (secondary N) is 2. The molecule has 9 heteroatoms. The van der Waals surface area contributed by atoms with Crippen molar-refractivity contribution in [2.75, 3.05) is 5.32 Å². The quantitative estimate of drug-likeness (QED) is 0.480. The standard InChI is InChI=1S/C17H15N5OS3/c1-9-3-4-11(7-10(9)2)18-16-21-22-17(26-16)25-8-13-19-12-5-6-24-14(12)15(23)20-13/h3-7H,8H2,1-2H3,(H,18,21)(H,19,20,23). The van der Waals surface area contributed by atoms with E-state index in [4.69, 9.17) is 0 Å². The van der Waals surface area contributed by atoms with Crippen LogP contribution in [0.15, 0.2) is 38.8 Å². The van der Waals surface area contributed by atoms with E-state index in [1.807, 2.05) is 17.5 Å². The molecule has 6 nitrogen and oxygen atoms in total. The molecule has 0 atom stereocenters. The predicted molar refractivity (Wildman–Crippen MR) is 109 cm³/mol. The molecule has 3 aromatic heterocycles. The summed E-state index contributed by atoms with van der Waals surface area (Å²) in [4.78, 5) is 19.3. The van der Waals surface area contributed by atoms with Crippen molar-refractivity contribution in [2.45, 2.75) is 23.9 Å². The fourth-order valence-corrected chi connectivity index (χ4v) is 4.75. The minimum Gasteiger partial charge on any atom is -0.330 e. The molecule has 0 fully saturated rings. The maximum atomic E-state index is 12.0. The molecule has 2 N–H and O–H groups in total. The Labute approximate surface area is 161 Å². The van der Waals surface area contributed by atoms with Gasteiger partial charge in [0.15, 0.2) is 4.34 Å². The zero-order valence-corrected chi connectivity index (χ0v) is 16.5. The van der Waals surface area contributed by atoms with Crippen molar-refractivity contribution in [3.8, 4) is 0 Å². The molecular formula is C17H15N5OS3. The molecule has 1 aromatic carbocycles. The number of rotatable bonds is 5. The molecule has 132 valence electrons. The Kier molecular flexibility index (Phi) is 4.75. The SMILES string of the molecule is Cc1ccc(Nc2nnc(SCc3nc4ccsc4c(=O)[nH]3)s2)cc1C. The number of hydrogen-bond acceptors (Lipinski definition) is 8. The van der Waals surface area contributed by atoms with Gasteiger partial charge in [-0.15, -0.1) is 21.5 Å². The van der Waals surface area contributed by atoms with Crippen LogP contribution in [0.4, 0.5) is 10.8 Å². The summed E-state index contributed by atoms with van der Waals surface area (Å²) in [6.45, 7) is 4.17. The Morgan fingerprint density at radius 2 is 2.08 bits per heavy atom. The Bertz CT molecular complexity index is 1130. The highest BCUT2D eigenvalue weighted by atomic mass is 32.2. The van der Waals surface area contributed by atoms with Crippen LogP contribution < -0.4 is 10.9 Å². The first-order valence-corrected chi connectivity index (χ1v) is 10.5. The molecule has 0 aliphatic heterocycles. The lowest BCUT2D eigenvalue weighted by Crippen LogP contribution is -2.09. The first kappa shape index (κ1) is 17.2. The van der Waals surface area contributed by atoms with Crippen LogP contribution in [0, 0.1) is 13.8 Å². The van der Waals surface area contributed by atoms with Gasteiger partial charge in [0.25, 0.3) is 5.56 Å². The third kappa shape index (κ3) is 3.64. The zero-order valence-electron chi connectivity index (χ0n) is 14.1. The van der Waals surface area contributed by atoms with E-state index in [-0.39, 0.29) is 5.56 Å². The summed E-state index contributed by atoms with van der Waals surface area (Å²) in [7, 11) is 0. The fourth-order valence-electron chi connectivity index (χ4n) is 2.38. The van der Waals surface area contributed by atoms with E-state index in [0.29, 0.717) is 16.3 Å². The number of fused-ring (bicyclic) bond motifs is 1. The fraction of sp³-hybridized carbons (Fsp3) is 0.176. The number of aromatic nitrogens is 4. The molecule has 0 radical (unpaired) electrons. The number of aryl methyl sites for hydroxylation is 2. The van der Waals surface area contributed by atoms with Crippen LogP contribution in [0.2, 0.25) is 0 Å². The van der Waals surface area contributed by atoms with Gasteiger partial charge < -0.3 is 10.3 Å². The van der Waals surface area contributed by atoms with Gasteiger partial charge in [-0.3, -0.25) is 4.79 Å². The monoisotopic (exact) mass is 401 g/mol. The highest BCUT2D eigenvalue weighted by Gasteiger charge is 2.09. The van der Waals surface area contributed by atoms with Gasteiger partial charge in [-0.05, 0) is 48.6 Å². The van der Waals surface area contributed by atoms with Gasteiger partial charge in [0.05, 0.1) is 11.3 Å². The average molecular weight is 402 g/mol. The van der Waals surface area contributed by atoms with Crippen LogP contribution in [0.5, 0.6) is 0 Å². The van der Waals surface area contributed by atoms with Crippen molar-refractivity contribution >= 4 is 55.5 Å². The van der Waals surface area contributed by atoms with Gasteiger partial charge in [0.1, 0.15) is 10.5 Å². The number of thiophene rings is 1. The van der Waals surface area contributed by atoms with Gasteiger partial charge >= 0.3 is 0 Å². The van der Waals surface area contributed by atoms with Gasteiger partial charge in [0, 0.05) is 5.69 Å². The largest absolute Gasteiger partial charge is 0.330 e. The third-order valence-electron chi connectivity index (χ3n) is 3.86. The van der Waals surface area contributed by atoms with Gasteiger partial charge in [-0.25, -0.2) is 4.98 Å². The molecule has 0 bridgehead atoms. The minimum atomic E-state index is -0.0880. The molecule has 0 saturated carbocycles. The summed E-state index contributed by atoms with van der Waals surface area (Å²) in [6.07, 6.45) is 0. The summed E-state index contributed by atoms with van der Waals surface area (Å²) >= 11 is 4.39. The van der Waals surface area contributed by atoms with Crippen molar-refractivity contribution < 1.29 is 0 Å². The molecule has 26 heavy (non-hydrogen) atoms. The number of hydrogen-bond donors (Lipinski definition) is 2. The molecule has 4 aromatic rings. The second-order valence-corrected chi connectivity index (χ2v) is 8.85. The Hall–Kier alpha value is -2.23. The summed E-state index contributed by atoms with van der Waals surface area (Å²) in [5.74, 6) is 1.18. The van der Waals surface area contributed by atoms with Gasteiger partial charge in [0.2, 0.25) is 5.13 Å². The summed E-state index contributed by atoms with van der Waals surface area (Å²) in [5, 5.41) is 14.3. The molecule has 0 aliphatic carbocycles. The minimum absolute atomic E-state index is 0.0880. The van der Waals surface area contributed by atoms with Crippen LogP contribution in [0.25, 0.3) is 10.2 Å². The second-order valence-electron chi connectivity index (χ2n) is 5.73. The molecule has 0 aliphatic rings. The molecule has 0 saturated heterocycles. The third-order valence-corrected chi connectivity index (χ3v) is 6.75. The van der Waals surface area contributed by atoms with E-state index >= 15 is 0 Å². The number of nitrogens with zero attached hydrogens (tertiary/aromatic N) is 3. The van der Waals surface area contributed by atoms with E-state index in [9.17, 15) is 4.79 Å². The number of H-pyrrole nitrogens is 1. The number of anilines is 2. The maximum Gasteiger partial charge on any atom is 0.268 e. The van der Waals surface area contributed by atoms with Crippen LogP contribution >= 0.6 is 34.4 Å². The van der Waals surface area contributed by atoms with Crippen LogP contribution in [-0.2, 0) is 5.75 Å². The van der Waals surface area contributed by atoms with E-state index in [2.05, 4.69) is 51.5 Å². The van der Waals surface area contributed by atoms with Gasteiger partial charge in [-0.1, -0.05) is 29.2 Å². The van der Waals surface area contributed by atoms with Crippen LogP contribution in [0.1, 0.15) is 17.0 Å².